The van der Waals surface area contributed by atoms with Crippen molar-refractivity contribution in [3.8, 4) is 34.7 Å². The number of nitrogens with zero attached hydrogens (tertiary/aromatic N) is 12. The first-order valence-corrected chi connectivity index (χ1v) is 35.0. The minimum Gasteiger partial charge on any atom is -0.493 e. The number of benzene rings is 6. The van der Waals surface area contributed by atoms with Gasteiger partial charge in [0, 0.05) is 108 Å². The SMILES string of the molecule is CC1(COc2ccc3c(c2)ncn3-c2ccc3cccc(N4CCC(N)CC4)c3n2)COC1.CC1(COc2ccc3c(c2)ncn3-c2ccc3cccc(N4CCC(N)CC4)c3n2)COC1.CC1(COc2ccc3c(c2)ncn3-c2ccc3cccc(N4CCC(N)CC4)c3n2)COC1. The summed E-state index contributed by atoms with van der Waals surface area (Å²) in [6.07, 6.45) is 11.6. The van der Waals surface area contributed by atoms with Gasteiger partial charge in [0.1, 0.15) is 53.7 Å². The Morgan fingerprint density at radius 2 is 0.657 bits per heavy atom. The number of para-hydroxylation sites is 3. The van der Waals surface area contributed by atoms with E-state index in [0.717, 1.165) is 218 Å². The lowest BCUT2D eigenvalue weighted by Crippen LogP contribution is -2.44. The van der Waals surface area contributed by atoms with Gasteiger partial charge >= 0.3 is 0 Å². The first kappa shape index (κ1) is 64.2. The molecule has 21 heteroatoms. The summed E-state index contributed by atoms with van der Waals surface area (Å²) < 4.78 is 40.2. The number of piperidine rings is 3. The van der Waals surface area contributed by atoms with Gasteiger partial charge in [-0.15, -0.1) is 0 Å². The maximum Gasteiger partial charge on any atom is 0.139 e. The van der Waals surface area contributed by atoms with Gasteiger partial charge < -0.3 is 60.3 Å². The number of fused-ring (bicyclic) bond motifs is 6. The normalized spacial score (nSPS) is 18.5. The van der Waals surface area contributed by atoms with Gasteiger partial charge in [-0.2, -0.15) is 0 Å². The van der Waals surface area contributed by atoms with Crippen LogP contribution in [0.1, 0.15) is 59.3 Å². The molecular formula is C78H87N15O6. The molecule has 12 aromatic rings. The molecule has 6 aromatic heterocycles. The van der Waals surface area contributed by atoms with Crippen LogP contribution in [0.2, 0.25) is 0 Å². The molecule has 0 bridgehead atoms. The maximum atomic E-state index is 6.12. The smallest absolute Gasteiger partial charge is 0.139 e. The largest absolute Gasteiger partial charge is 0.493 e. The second kappa shape index (κ2) is 27.0. The Hall–Kier alpha value is -9.48. The molecule has 18 rings (SSSR count). The first-order valence-electron chi connectivity index (χ1n) is 35.0. The predicted molar refractivity (Wildman–Crippen MR) is 391 cm³/mol. The monoisotopic (exact) mass is 1330 g/mol. The molecule has 0 radical (unpaired) electrons. The fraction of sp³-hybridized carbons (Fsp3) is 0.385. The number of imidazole rings is 3. The highest BCUT2D eigenvalue weighted by atomic mass is 16.5. The van der Waals surface area contributed by atoms with Crippen molar-refractivity contribution in [2.75, 3.05) is 113 Å². The first-order chi connectivity index (χ1) is 48.2. The molecule has 6 aliphatic rings. The molecule has 6 saturated heterocycles. The summed E-state index contributed by atoms with van der Waals surface area (Å²) in [4.78, 5) is 36.3. The van der Waals surface area contributed by atoms with Crippen LogP contribution in [-0.2, 0) is 14.2 Å². The third-order valence-corrected chi connectivity index (χ3v) is 20.5. The van der Waals surface area contributed by atoms with Crippen molar-refractivity contribution in [2.24, 2.45) is 33.4 Å². The van der Waals surface area contributed by atoms with Crippen molar-refractivity contribution in [3.05, 3.63) is 165 Å². The number of hydrogen-bond acceptors (Lipinski definition) is 18. The van der Waals surface area contributed by atoms with Crippen LogP contribution in [0, 0.1) is 16.2 Å². The topological polar surface area (TPSA) is 235 Å². The molecule has 21 nitrogen and oxygen atoms in total. The maximum absolute atomic E-state index is 6.12. The van der Waals surface area contributed by atoms with E-state index in [0.29, 0.717) is 37.9 Å². The van der Waals surface area contributed by atoms with Crippen LogP contribution < -0.4 is 46.1 Å². The third-order valence-electron chi connectivity index (χ3n) is 20.5. The molecule has 6 N–H and O–H groups in total. The summed E-state index contributed by atoms with van der Waals surface area (Å²) in [5.74, 6) is 5.07. The lowest BCUT2D eigenvalue weighted by molar-refractivity contribution is -0.120. The molecule has 0 unspecified atom stereocenters. The summed E-state index contributed by atoms with van der Waals surface area (Å²) in [6, 6.07) is 50.9. The van der Waals surface area contributed by atoms with Gasteiger partial charge in [0.25, 0.3) is 0 Å². The third kappa shape index (κ3) is 13.5. The second-order valence-corrected chi connectivity index (χ2v) is 29.1. The minimum absolute atomic E-state index is 0.112. The van der Waals surface area contributed by atoms with E-state index in [-0.39, 0.29) is 16.2 Å². The molecular weight excluding hydrogens is 1240 g/mol. The second-order valence-electron chi connectivity index (χ2n) is 29.1. The molecule has 0 amide bonds. The highest BCUT2D eigenvalue weighted by Crippen LogP contribution is 2.37. The molecule has 6 fully saturated rings. The van der Waals surface area contributed by atoms with E-state index in [1.165, 1.54) is 17.1 Å². The number of rotatable bonds is 15. The van der Waals surface area contributed by atoms with Crippen LogP contribution in [0.5, 0.6) is 17.2 Å². The lowest BCUT2D eigenvalue weighted by atomic mass is 9.90. The Morgan fingerprint density at radius 1 is 0.374 bits per heavy atom. The van der Waals surface area contributed by atoms with Crippen molar-refractivity contribution in [2.45, 2.75) is 77.4 Å². The molecule has 12 heterocycles. The summed E-state index contributed by atoms with van der Waals surface area (Å²) in [5.41, 5.74) is 31.0. The zero-order valence-corrected chi connectivity index (χ0v) is 56.7. The van der Waals surface area contributed by atoms with Gasteiger partial charge in [-0.1, -0.05) is 57.2 Å². The lowest BCUT2D eigenvalue weighted by Gasteiger charge is -2.37. The summed E-state index contributed by atoms with van der Waals surface area (Å²) >= 11 is 0. The predicted octanol–water partition coefficient (Wildman–Crippen LogP) is 11.7. The van der Waals surface area contributed by atoms with Crippen molar-refractivity contribution in [3.63, 3.8) is 0 Å². The fourth-order valence-electron chi connectivity index (χ4n) is 14.1. The van der Waals surface area contributed by atoms with Gasteiger partial charge in [-0.25, -0.2) is 29.9 Å². The molecule has 6 aromatic carbocycles. The van der Waals surface area contributed by atoms with Crippen LogP contribution in [-0.4, -0.2) is 160 Å². The van der Waals surface area contributed by atoms with E-state index >= 15 is 0 Å². The zero-order chi connectivity index (χ0) is 67.2. The van der Waals surface area contributed by atoms with Crippen LogP contribution >= 0.6 is 0 Å². The standard InChI is InChI=1S/3C26H29N5O2/c3*1-26(14-32-15-26)16-33-20-6-7-22-21(13-20)28-17-31(22)24-8-5-18-3-2-4-23(25(18)29-24)30-11-9-19(27)10-12-30/h3*2-8,13,17,19H,9-12,14-16,27H2,1H3. The van der Waals surface area contributed by atoms with E-state index < -0.39 is 0 Å². The zero-order valence-electron chi connectivity index (χ0n) is 56.7. The van der Waals surface area contributed by atoms with Crippen molar-refractivity contribution in [1.29, 1.82) is 0 Å². The Morgan fingerprint density at radius 3 is 0.919 bits per heavy atom. The number of pyridine rings is 3. The summed E-state index contributed by atoms with van der Waals surface area (Å²) in [7, 11) is 0. The Kier molecular flexibility index (Phi) is 17.5. The average Bonchev–Trinajstić information content (AvgIpc) is 1.76. The van der Waals surface area contributed by atoms with E-state index in [1.807, 2.05) is 69.1 Å². The number of ether oxygens (including phenoxy) is 6. The Bertz CT molecular complexity index is 4400. The van der Waals surface area contributed by atoms with E-state index in [2.05, 4.69) is 160 Å². The quantitative estimate of drug-likeness (QED) is 0.0865. The summed E-state index contributed by atoms with van der Waals surface area (Å²) in [6.45, 7) is 18.8. The van der Waals surface area contributed by atoms with Gasteiger partial charge in [0.2, 0.25) is 0 Å². The van der Waals surface area contributed by atoms with E-state index in [4.69, 9.17) is 60.6 Å². The Labute approximate surface area is 575 Å². The molecule has 0 spiro atoms. The number of aromatic nitrogens is 9. The minimum atomic E-state index is 0.112. The van der Waals surface area contributed by atoms with Gasteiger partial charge in [0.15, 0.2) is 0 Å². The van der Waals surface area contributed by atoms with Crippen LogP contribution in [0.25, 0.3) is 83.3 Å². The van der Waals surface area contributed by atoms with Gasteiger partial charge in [-0.05, 0) is 130 Å². The number of anilines is 3. The van der Waals surface area contributed by atoms with E-state index in [9.17, 15) is 0 Å². The van der Waals surface area contributed by atoms with Crippen LogP contribution in [0.15, 0.2) is 165 Å². The van der Waals surface area contributed by atoms with Crippen LogP contribution in [0.3, 0.4) is 0 Å². The molecule has 99 heavy (non-hydrogen) atoms. The average molecular weight is 1330 g/mol. The highest BCUT2D eigenvalue weighted by molar-refractivity contribution is 5.94. The molecule has 0 aliphatic carbocycles. The Balaban J connectivity index is 0.000000116. The fourth-order valence-corrected chi connectivity index (χ4v) is 14.1. The van der Waals surface area contributed by atoms with Gasteiger partial charge in [-0.3, -0.25) is 13.7 Å². The molecule has 510 valence electrons. The van der Waals surface area contributed by atoms with E-state index in [1.54, 1.807) is 0 Å². The highest BCUT2D eigenvalue weighted by Gasteiger charge is 2.36. The molecule has 0 saturated carbocycles. The molecule has 6 aliphatic heterocycles. The molecule has 0 atom stereocenters. The van der Waals surface area contributed by atoms with Crippen molar-refractivity contribution in [1.82, 2.24) is 43.6 Å². The summed E-state index contributed by atoms with van der Waals surface area (Å²) in [5, 5.41) is 3.42. The van der Waals surface area contributed by atoms with Crippen molar-refractivity contribution < 1.29 is 28.4 Å². The number of hydrogen-bond donors (Lipinski definition) is 3. The van der Waals surface area contributed by atoms with Gasteiger partial charge in [0.05, 0.1) is 126 Å². The number of nitrogens with two attached hydrogens (primary N) is 3. The van der Waals surface area contributed by atoms with Crippen LogP contribution in [0.4, 0.5) is 17.1 Å². The van der Waals surface area contributed by atoms with Crippen molar-refractivity contribution >= 4 is 82.9 Å².